The summed E-state index contributed by atoms with van der Waals surface area (Å²) < 4.78 is 0. The first-order chi connectivity index (χ1) is 11.2. The van der Waals surface area contributed by atoms with Gasteiger partial charge in [-0.05, 0) is 41.0 Å². The van der Waals surface area contributed by atoms with E-state index >= 15 is 0 Å². The highest BCUT2D eigenvalue weighted by molar-refractivity contribution is 6.14. The molecule has 0 heterocycles. The summed E-state index contributed by atoms with van der Waals surface area (Å²) in [7, 11) is 0. The largest absolute Gasteiger partial charge is 0.288 e. The van der Waals surface area contributed by atoms with Gasteiger partial charge in [0.05, 0.1) is 0 Å². The molecule has 0 saturated heterocycles. The summed E-state index contributed by atoms with van der Waals surface area (Å²) in [5.74, 6) is -0.237. The molecule has 2 heteroatoms. The van der Waals surface area contributed by atoms with Crippen LogP contribution in [0.5, 0.6) is 0 Å². The SMILES string of the molecule is Cc1ccccc1C(=O)/C(C#N)=C/c1ccc2ccccc2c1. The third-order valence-corrected chi connectivity index (χ3v) is 3.84. The van der Waals surface area contributed by atoms with Crippen LogP contribution in [0.25, 0.3) is 16.8 Å². The number of benzene rings is 3. The van der Waals surface area contributed by atoms with Crippen molar-refractivity contribution in [3.05, 3.63) is 89.0 Å². The molecule has 0 aromatic heterocycles. The van der Waals surface area contributed by atoms with E-state index in [4.69, 9.17) is 0 Å². The van der Waals surface area contributed by atoms with Crippen molar-refractivity contribution in [3.8, 4) is 6.07 Å². The molecule has 0 N–H and O–H groups in total. The summed E-state index contributed by atoms with van der Waals surface area (Å²) in [6, 6.07) is 23.3. The topological polar surface area (TPSA) is 40.9 Å². The lowest BCUT2D eigenvalue weighted by molar-refractivity contribution is 0.103. The molecule has 0 aliphatic carbocycles. The van der Waals surface area contributed by atoms with Gasteiger partial charge in [-0.1, -0.05) is 60.7 Å². The molecule has 2 nitrogen and oxygen atoms in total. The Morgan fingerprint density at radius 2 is 1.65 bits per heavy atom. The Morgan fingerprint density at radius 3 is 2.39 bits per heavy atom. The second-order valence-electron chi connectivity index (χ2n) is 5.42. The van der Waals surface area contributed by atoms with Crippen LogP contribution < -0.4 is 0 Å². The molecule has 0 spiro atoms. The standard InChI is InChI=1S/C21H15NO/c1-15-6-2-5-9-20(15)21(23)19(14-22)13-16-10-11-17-7-3-4-8-18(17)12-16/h2-13H,1H3/b19-13+. The number of carbonyl (C=O) groups excluding carboxylic acids is 1. The maximum Gasteiger partial charge on any atom is 0.203 e. The minimum absolute atomic E-state index is 0.148. The van der Waals surface area contributed by atoms with Crippen molar-refractivity contribution in [2.24, 2.45) is 0 Å². The maximum absolute atomic E-state index is 12.6. The summed E-state index contributed by atoms with van der Waals surface area (Å²) in [6.45, 7) is 1.87. The molecule has 0 saturated carbocycles. The van der Waals surface area contributed by atoms with E-state index in [9.17, 15) is 10.1 Å². The van der Waals surface area contributed by atoms with Gasteiger partial charge in [0, 0.05) is 5.56 Å². The number of rotatable bonds is 3. The lowest BCUT2D eigenvalue weighted by Crippen LogP contribution is -2.04. The minimum atomic E-state index is -0.237. The molecule has 3 aromatic rings. The Morgan fingerprint density at radius 1 is 0.957 bits per heavy atom. The van der Waals surface area contributed by atoms with Crippen LogP contribution in [0.2, 0.25) is 0 Å². The molecule has 23 heavy (non-hydrogen) atoms. The van der Waals surface area contributed by atoms with Crippen LogP contribution in [0, 0.1) is 18.3 Å². The molecule has 3 rings (SSSR count). The van der Waals surface area contributed by atoms with E-state index in [2.05, 4.69) is 0 Å². The highest BCUT2D eigenvalue weighted by Gasteiger charge is 2.14. The number of fused-ring (bicyclic) bond motifs is 1. The molecule has 0 unspecified atom stereocenters. The summed E-state index contributed by atoms with van der Waals surface area (Å²) in [6.07, 6.45) is 1.65. The van der Waals surface area contributed by atoms with Crippen LogP contribution in [-0.4, -0.2) is 5.78 Å². The Hall–Kier alpha value is -3.18. The van der Waals surface area contributed by atoms with Crippen LogP contribution >= 0.6 is 0 Å². The average Bonchev–Trinajstić information content (AvgIpc) is 2.59. The van der Waals surface area contributed by atoms with Crippen molar-refractivity contribution < 1.29 is 4.79 Å². The van der Waals surface area contributed by atoms with E-state index in [0.717, 1.165) is 21.9 Å². The Bertz CT molecular complexity index is 961. The number of Topliss-reactive ketones (excluding diaryl/α,β-unsaturated/α-hetero) is 1. The third-order valence-electron chi connectivity index (χ3n) is 3.84. The van der Waals surface area contributed by atoms with Gasteiger partial charge in [0.15, 0.2) is 0 Å². The summed E-state index contributed by atoms with van der Waals surface area (Å²) in [5, 5.41) is 11.6. The van der Waals surface area contributed by atoms with Crippen molar-refractivity contribution in [3.63, 3.8) is 0 Å². The van der Waals surface area contributed by atoms with Gasteiger partial charge >= 0.3 is 0 Å². The van der Waals surface area contributed by atoms with Crippen LogP contribution in [0.3, 0.4) is 0 Å². The smallest absolute Gasteiger partial charge is 0.203 e. The van der Waals surface area contributed by atoms with Gasteiger partial charge in [-0.15, -0.1) is 0 Å². The third kappa shape index (κ3) is 3.04. The van der Waals surface area contributed by atoms with Crippen LogP contribution in [-0.2, 0) is 0 Å². The lowest BCUT2D eigenvalue weighted by atomic mass is 9.97. The first kappa shape index (κ1) is 14.7. The minimum Gasteiger partial charge on any atom is -0.288 e. The molecular formula is C21H15NO. The monoisotopic (exact) mass is 297 g/mol. The molecule has 110 valence electrons. The summed E-state index contributed by atoms with van der Waals surface area (Å²) in [5.41, 5.74) is 2.44. The predicted molar refractivity (Wildman–Crippen MR) is 93.0 cm³/mol. The highest BCUT2D eigenvalue weighted by Crippen LogP contribution is 2.19. The number of allylic oxidation sites excluding steroid dienone is 1. The molecule has 0 amide bonds. The molecule has 0 radical (unpaired) electrons. The zero-order valence-electron chi connectivity index (χ0n) is 12.8. The summed E-state index contributed by atoms with van der Waals surface area (Å²) in [4.78, 5) is 12.6. The molecule has 0 bridgehead atoms. The van der Waals surface area contributed by atoms with Gasteiger partial charge in [-0.2, -0.15) is 5.26 Å². The zero-order valence-corrected chi connectivity index (χ0v) is 12.8. The second-order valence-corrected chi connectivity index (χ2v) is 5.42. The van der Waals surface area contributed by atoms with Crippen molar-refractivity contribution >= 4 is 22.6 Å². The normalized spacial score (nSPS) is 11.2. The number of ketones is 1. The number of hydrogen-bond acceptors (Lipinski definition) is 2. The van der Waals surface area contributed by atoms with Gasteiger partial charge in [-0.3, -0.25) is 4.79 Å². The quantitative estimate of drug-likeness (QED) is 0.390. The van der Waals surface area contributed by atoms with E-state index in [1.807, 2.05) is 73.7 Å². The van der Waals surface area contributed by atoms with Crippen LogP contribution in [0.15, 0.2) is 72.3 Å². The fourth-order valence-electron chi connectivity index (χ4n) is 2.59. The number of nitriles is 1. The molecule has 0 aliphatic rings. The van der Waals surface area contributed by atoms with Crippen LogP contribution in [0.4, 0.5) is 0 Å². The van der Waals surface area contributed by atoms with E-state index in [1.165, 1.54) is 0 Å². The highest BCUT2D eigenvalue weighted by atomic mass is 16.1. The van der Waals surface area contributed by atoms with Crippen molar-refractivity contribution in [2.45, 2.75) is 6.92 Å². The summed E-state index contributed by atoms with van der Waals surface area (Å²) >= 11 is 0. The molecular weight excluding hydrogens is 282 g/mol. The maximum atomic E-state index is 12.6. The predicted octanol–water partition coefficient (Wildman–Crippen LogP) is 4.94. The number of hydrogen-bond donors (Lipinski definition) is 0. The van der Waals surface area contributed by atoms with Gasteiger partial charge in [0.2, 0.25) is 5.78 Å². The van der Waals surface area contributed by atoms with Gasteiger partial charge in [0.1, 0.15) is 11.6 Å². The lowest BCUT2D eigenvalue weighted by Gasteiger charge is -2.04. The fraction of sp³-hybridized carbons (Fsp3) is 0.0476. The Balaban J connectivity index is 2.02. The van der Waals surface area contributed by atoms with Gasteiger partial charge < -0.3 is 0 Å². The first-order valence-electron chi connectivity index (χ1n) is 7.40. The zero-order chi connectivity index (χ0) is 16.2. The average molecular weight is 297 g/mol. The van der Waals surface area contributed by atoms with E-state index in [0.29, 0.717) is 5.56 Å². The fourth-order valence-corrected chi connectivity index (χ4v) is 2.59. The van der Waals surface area contributed by atoms with Gasteiger partial charge in [-0.25, -0.2) is 0 Å². The number of nitrogens with zero attached hydrogens (tertiary/aromatic N) is 1. The Labute approximate surface area is 135 Å². The van der Waals surface area contributed by atoms with E-state index < -0.39 is 0 Å². The van der Waals surface area contributed by atoms with E-state index in [1.54, 1.807) is 12.1 Å². The van der Waals surface area contributed by atoms with Crippen molar-refractivity contribution in [2.75, 3.05) is 0 Å². The molecule has 0 atom stereocenters. The molecule has 3 aromatic carbocycles. The molecule has 0 aliphatic heterocycles. The number of carbonyl (C=O) groups is 1. The van der Waals surface area contributed by atoms with Crippen molar-refractivity contribution in [1.82, 2.24) is 0 Å². The van der Waals surface area contributed by atoms with E-state index in [-0.39, 0.29) is 11.4 Å². The first-order valence-corrected chi connectivity index (χ1v) is 7.40. The van der Waals surface area contributed by atoms with Gasteiger partial charge in [0.25, 0.3) is 0 Å². The second kappa shape index (κ2) is 6.29. The van der Waals surface area contributed by atoms with Crippen molar-refractivity contribution in [1.29, 1.82) is 5.26 Å². The Kier molecular flexibility index (Phi) is 4.03. The van der Waals surface area contributed by atoms with Crippen LogP contribution in [0.1, 0.15) is 21.5 Å². The number of aryl methyl sites for hydroxylation is 1. The molecule has 0 fully saturated rings.